The summed E-state index contributed by atoms with van der Waals surface area (Å²) in [6.07, 6.45) is 4.37. The van der Waals surface area contributed by atoms with E-state index >= 15 is 0 Å². The van der Waals surface area contributed by atoms with Gasteiger partial charge in [-0.15, -0.1) is 11.3 Å². The van der Waals surface area contributed by atoms with Gasteiger partial charge in [0.2, 0.25) is 5.88 Å². The number of nitrogens with zero attached hydrogens (tertiary/aromatic N) is 3. The van der Waals surface area contributed by atoms with E-state index in [4.69, 9.17) is 4.74 Å². The van der Waals surface area contributed by atoms with Crippen LogP contribution in [0.3, 0.4) is 0 Å². The van der Waals surface area contributed by atoms with Gasteiger partial charge in [-0.25, -0.2) is 18.6 Å². The molecule has 0 radical (unpaired) electrons. The number of hydrogen-bond donors (Lipinski definition) is 1. The zero-order chi connectivity index (χ0) is 18.8. The Labute approximate surface area is 160 Å². The van der Waals surface area contributed by atoms with Crippen LogP contribution >= 0.6 is 11.3 Å². The second-order valence-electron chi connectivity index (χ2n) is 5.43. The molecule has 136 valence electrons. The summed E-state index contributed by atoms with van der Waals surface area (Å²) in [5.74, 6) is -0.0966. The highest BCUT2D eigenvalue weighted by atomic mass is 32.2. The van der Waals surface area contributed by atoms with Crippen molar-refractivity contribution < 1.29 is 13.3 Å². The van der Waals surface area contributed by atoms with Gasteiger partial charge < -0.3 is 4.74 Å². The molecule has 0 aliphatic heterocycles. The van der Waals surface area contributed by atoms with E-state index in [1.54, 1.807) is 42.0 Å². The van der Waals surface area contributed by atoms with Crippen molar-refractivity contribution >= 4 is 38.2 Å². The van der Waals surface area contributed by atoms with Crippen LogP contribution in [0.5, 0.6) is 5.88 Å². The van der Waals surface area contributed by atoms with Crippen LogP contribution in [0.15, 0.2) is 59.2 Å². The van der Waals surface area contributed by atoms with E-state index in [0.717, 1.165) is 6.20 Å². The van der Waals surface area contributed by atoms with Crippen molar-refractivity contribution in [1.82, 2.24) is 15.0 Å². The third-order valence-corrected chi connectivity index (χ3v) is 5.74. The third-order valence-electron chi connectivity index (χ3n) is 3.86. The van der Waals surface area contributed by atoms with E-state index in [9.17, 15) is 8.60 Å². The molecule has 0 saturated heterocycles. The van der Waals surface area contributed by atoms with Crippen molar-refractivity contribution in [1.29, 1.82) is 0 Å². The maximum Gasteiger partial charge on any atom is 0.222 e. The molecule has 6 nitrogen and oxygen atoms in total. The first-order chi connectivity index (χ1) is 13.2. The largest absolute Gasteiger partial charge is 0.481 e. The average Bonchev–Trinajstić information content (AvgIpc) is 3.21. The fraction of sp³-hybridized carbons (Fsp3) is 0.0556. The Balaban J connectivity index is 1.81. The Kier molecular flexibility index (Phi) is 4.78. The molecule has 0 aliphatic carbocycles. The SMILES string of the molecule is COc1ncccc1-c1ncc(F)c2cc(S(=O)Nc3nccs3)ccc12. The molecular formula is C18H13FN4O2S2. The monoisotopic (exact) mass is 400 g/mol. The lowest BCUT2D eigenvalue weighted by atomic mass is 10.0. The Morgan fingerprint density at radius 2 is 2.04 bits per heavy atom. The van der Waals surface area contributed by atoms with Crippen LogP contribution in [0.25, 0.3) is 22.0 Å². The Bertz CT molecular complexity index is 1140. The number of halogens is 1. The van der Waals surface area contributed by atoms with Crippen LogP contribution in [-0.4, -0.2) is 26.3 Å². The topological polar surface area (TPSA) is 77.0 Å². The molecule has 1 aromatic carbocycles. The highest BCUT2D eigenvalue weighted by molar-refractivity contribution is 7.86. The molecule has 27 heavy (non-hydrogen) atoms. The summed E-state index contributed by atoms with van der Waals surface area (Å²) in [6, 6.07) is 8.49. The molecule has 1 N–H and O–H groups in total. The van der Waals surface area contributed by atoms with Gasteiger partial charge >= 0.3 is 0 Å². The van der Waals surface area contributed by atoms with E-state index in [2.05, 4.69) is 19.7 Å². The lowest BCUT2D eigenvalue weighted by Crippen LogP contribution is -2.04. The number of methoxy groups -OCH3 is 1. The summed E-state index contributed by atoms with van der Waals surface area (Å²) >= 11 is 1.34. The minimum Gasteiger partial charge on any atom is -0.481 e. The molecular weight excluding hydrogens is 387 g/mol. The fourth-order valence-corrected chi connectivity index (χ4v) is 4.20. The van der Waals surface area contributed by atoms with Crippen LogP contribution in [0, 0.1) is 5.82 Å². The van der Waals surface area contributed by atoms with Crippen LogP contribution in [-0.2, 0) is 11.0 Å². The Morgan fingerprint density at radius 1 is 1.15 bits per heavy atom. The summed E-state index contributed by atoms with van der Waals surface area (Å²) in [4.78, 5) is 12.9. The first kappa shape index (κ1) is 17.5. The van der Waals surface area contributed by atoms with Crippen molar-refractivity contribution in [3.63, 3.8) is 0 Å². The molecule has 9 heteroatoms. The van der Waals surface area contributed by atoms with Gasteiger partial charge in [0.1, 0.15) is 5.82 Å². The van der Waals surface area contributed by atoms with Gasteiger partial charge in [-0.05, 0) is 24.3 Å². The molecule has 3 heterocycles. The molecule has 4 aromatic rings. The maximum absolute atomic E-state index is 14.4. The van der Waals surface area contributed by atoms with Gasteiger partial charge in [0, 0.05) is 28.5 Å². The first-order valence-electron chi connectivity index (χ1n) is 7.83. The Hall–Kier alpha value is -2.91. The number of fused-ring (bicyclic) bond motifs is 1. The summed E-state index contributed by atoms with van der Waals surface area (Å²) in [5.41, 5.74) is 1.20. The van der Waals surface area contributed by atoms with Crippen molar-refractivity contribution in [2.45, 2.75) is 4.90 Å². The minimum absolute atomic E-state index is 0.317. The Morgan fingerprint density at radius 3 is 2.81 bits per heavy atom. The number of rotatable bonds is 5. The number of pyridine rings is 2. The number of anilines is 1. The summed E-state index contributed by atoms with van der Waals surface area (Å²) < 4.78 is 35.1. The van der Waals surface area contributed by atoms with E-state index in [0.29, 0.717) is 37.9 Å². The molecule has 0 fully saturated rings. The van der Waals surface area contributed by atoms with E-state index in [1.807, 2.05) is 6.07 Å². The predicted molar refractivity (Wildman–Crippen MR) is 104 cm³/mol. The smallest absolute Gasteiger partial charge is 0.222 e. The number of hydrogen-bond acceptors (Lipinski definition) is 6. The average molecular weight is 400 g/mol. The van der Waals surface area contributed by atoms with E-state index in [-0.39, 0.29) is 0 Å². The van der Waals surface area contributed by atoms with Crippen LogP contribution in [0.1, 0.15) is 0 Å². The first-order valence-corrected chi connectivity index (χ1v) is 9.86. The lowest BCUT2D eigenvalue weighted by molar-refractivity contribution is 0.399. The van der Waals surface area contributed by atoms with Gasteiger partial charge in [-0.1, -0.05) is 6.07 Å². The van der Waals surface area contributed by atoms with Crippen molar-refractivity contribution in [3.8, 4) is 17.1 Å². The van der Waals surface area contributed by atoms with Crippen molar-refractivity contribution in [2.75, 3.05) is 11.8 Å². The van der Waals surface area contributed by atoms with E-state index < -0.39 is 16.8 Å². The molecule has 1 unspecified atom stereocenters. The van der Waals surface area contributed by atoms with Crippen molar-refractivity contribution in [2.24, 2.45) is 0 Å². The van der Waals surface area contributed by atoms with Gasteiger partial charge in [0.15, 0.2) is 16.1 Å². The zero-order valence-electron chi connectivity index (χ0n) is 14.0. The van der Waals surface area contributed by atoms with E-state index in [1.165, 1.54) is 18.4 Å². The predicted octanol–water partition coefficient (Wildman–Crippen LogP) is 4.04. The summed E-state index contributed by atoms with van der Waals surface area (Å²) in [5, 5.41) is 3.21. The summed E-state index contributed by atoms with van der Waals surface area (Å²) in [7, 11) is -0.0434. The van der Waals surface area contributed by atoms with Crippen LogP contribution in [0.4, 0.5) is 9.52 Å². The number of benzene rings is 1. The quantitative estimate of drug-likeness (QED) is 0.547. The molecule has 0 bridgehead atoms. The standard InChI is InChI=1S/C18H13FN4O2S2/c1-25-17-13(3-2-6-20-17)16-12-5-4-11(9-14(12)15(19)10-22-16)27(24)23-18-21-7-8-26-18/h2-10H,1H3,(H,21,23). The number of thiazole rings is 1. The second kappa shape index (κ2) is 7.37. The molecule has 0 aliphatic rings. The molecule has 4 rings (SSSR count). The maximum atomic E-state index is 14.4. The highest BCUT2D eigenvalue weighted by Gasteiger charge is 2.16. The highest BCUT2D eigenvalue weighted by Crippen LogP contribution is 2.33. The number of ether oxygens (including phenoxy) is 1. The molecule has 0 amide bonds. The minimum atomic E-state index is -1.56. The number of aromatic nitrogens is 3. The van der Waals surface area contributed by atoms with Gasteiger partial charge in [-0.3, -0.25) is 9.71 Å². The number of nitrogens with one attached hydrogen (secondary N) is 1. The lowest BCUT2D eigenvalue weighted by Gasteiger charge is -2.11. The van der Waals surface area contributed by atoms with Crippen LogP contribution < -0.4 is 9.46 Å². The molecule has 1 atom stereocenters. The molecule has 0 spiro atoms. The van der Waals surface area contributed by atoms with Gasteiger partial charge in [-0.2, -0.15) is 0 Å². The zero-order valence-corrected chi connectivity index (χ0v) is 15.7. The second-order valence-corrected chi connectivity index (χ2v) is 7.54. The fourth-order valence-electron chi connectivity index (χ4n) is 2.66. The third kappa shape index (κ3) is 3.38. The summed E-state index contributed by atoms with van der Waals surface area (Å²) in [6.45, 7) is 0. The van der Waals surface area contributed by atoms with Gasteiger partial charge in [0.05, 0.1) is 29.5 Å². The normalized spacial score (nSPS) is 12.1. The van der Waals surface area contributed by atoms with Crippen LogP contribution in [0.2, 0.25) is 0 Å². The molecule has 3 aromatic heterocycles. The van der Waals surface area contributed by atoms with Gasteiger partial charge in [0.25, 0.3) is 0 Å². The molecule has 0 saturated carbocycles. The van der Waals surface area contributed by atoms with Crippen molar-refractivity contribution in [3.05, 3.63) is 60.1 Å².